The summed E-state index contributed by atoms with van der Waals surface area (Å²) in [6.07, 6.45) is -6.35. The second-order valence-corrected chi connectivity index (χ2v) is 9.98. The zero-order valence-electron chi connectivity index (χ0n) is 22.0. The number of imidazole rings is 1. The Kier molecular flexibility index (Phi) is 8.23. The molecule has 0 unspecified atom stereocenters. The molecule has 1 fully saturated rings. The molecule has 43 heavy (non-hydrogen) atoms. The summed E-state index contributed by atoms with van der Waals surface area (Å²) < 4.78 is 27.3. The van der Waals surface area contributed by atoms with Crippen LogP contribution in [0.2, 0.25) is 5.28 Å². The minimum Gasteiger partial charge on any atom is -0.479 e. The quantitative estimate of drug-likeness (QED) is 0.128. The molecular weight excluding hydrogens is 591 g/mol. The van der Waals surface area contributed by atoms with Crippen LogP contribution in [-0.4, -0.2) is 83.3 Å². The van der Waals surface area contributed by atoms with Crippen molar-refractivity contribution in [2.45, 2.75) is 36.6 Å². The van der Waals surface area contributed by atoms with Gasteiger partial charge in [-0.15, -0.1) is 0 Å². The molecule has 0 spiro atoms. The number of aromatic nitrogens is 4. The van der Waals surface area contributed by atoms with E-state index in [1.54, 1.807) is 30.3 Å². The fourth-order valence-electron chi connectivity index (χ4n) is 4.59. The summed E-state index contributed by atoms with van der Waals surface area (Å²) in [4.78, 5) is 48.7. The summed E-state index contributed by atoms with van der Waals surface area (Å²) >= 11 is 5.86. The molecule has 3 heterocycles. The van der Waals surface area contributed by atoms with E-state index in [9.17, 15) is 29.7 Å². The van der Waals surface area contributed by atoms with Gasteiger partial charge in [0.05, 0.1) is 12.9 Å². The van der Waals surface area contributed by atoms with Gasteiger partial charge in [-0.2, -0.15) is 9.97 Å². The number of anilines is 2. The Labute approximate surface area is 246 Å². The molecule has 1 aliphatic heterocycles. The van der Waals surface area contributed by atoms with E-state index >= 15 is 4.39 Å². The van der Waals surface area contributed by atoms with Crippen LogP contribution >= 0.6 is 11.6 Å². The first-order valence-electron chi connectivity index (χ1n) is 12.7. The molecule has 0 radical (unpaired) electrons. The van der Waals surface area contributed by atoms with E-state index in [1.165, 1.54) is 24.3 Å². The summed E-state index contributed by atoms with van der Waals surface area (Å²) in [6.45, 7) is -0.799. The molecule has 16 heteroatoms. The minimum atomic E-state index is -2.82. The third-order valence-electron chi connectivity index (χ3n) is 6.87. The number of carbonyl (C=O) groups excluding carboxylic acids is 1. The molecule has 14 nitrogen and oxygen atoms in total. The number of nitrogens with zero attached hydrogens (tertiary/aromatic N) is 4. The van der Waals surface area contributed by atoms with Crippen molar-refractivity contribution in [3.05, 3.63) is 77.3 Å². The Balaban J connectivity index is 1.30. The highest BCUT2D eigenvalue weighted by atomic mass is 35.5. The summed E-state index contributed by atoms with van der Waals surface area (Å²) in [5.74, 6) is -4.10. The SMILES string of the molecule is Nc1nc(Cl)nc2c1ncn2[C@@H]1O[C@H](COC(Cc2ccc(NC(=O)c3ccccc3)cc2)(C(=O)O)C(=O)O)[C@@H](O)[C@@H]1F. The van der Waals surface area contributed by atoms with Crippen molar-refractivity contribution in [3.8, 4) is 0 Å². The number of ether oxygens (including phenoxy) is 2. The van der Waals surface area contributed by atoms with Crippen LogP contribution in [0.25, 0.3) is 11.2 Å². The van der Waals surface area contributed by atoms with Gasteiger partial charge in [0.1, 0.15) is 17.7 Å². The standard InChI is InChI=1S/C27H24ClFN6O8/c28-26-33-20(30)18-21(34-26)35(12-31-18)23-17(29)19(36)16(43-23)11-42-27(24(38)39,25(40)41)10-13-6-8-15(9-7-13)32-22(37)14-4-2-1-3-5-14/h1-9,12,16-17,19,23,36H,10-11H2,(H,32,37)(H,38,39)(H,40,41)(H2,30,33,34)/t16-,17+,19-,23-/m1/s1. The molecule has 0 bridgehead atoms. The second kappa shape index (κ2) is 11.9. The van der Waals surface area contributed by atoms with E-state index in [0.717, 1.165) is 10.9 Å². The van der Waals surface area contributed by atoms with Crippen LogP contribution in [0.3, 0.4) is 0 Å². The lowest BCUT2D eigenvalue weighted by Gasteiger charge is -2.27. The predicted octanol–water partition coefficient (Wildman–Crippen LogP) is 2.08. The number of halogens is 2. The topological polar surface area (TPSA) is 212 Å². The number of nitrogens with one attached hydrogen (secondary N) is 1. The zero-order chi connectivity index (χ0) is 30.9. The zero-order valence-corrected chi connectivity index (χ0v) is 22.8. The van der Waals surface area contributed by atoms with Gasteiger partial charge in [0.2, 0.25) is 5.28 Å². The summed E-state index contributed by atoms with van der Waals surface area (Å²) in [7, 11) is 0. The van der Waals surface area contributed by atoms with Gasteiger partial charge in [0.15, 0.2) is 23.9 Å². The number of benzene rings is 2. The van der Waals surface area contributed by atoms with Gasteiger partial charge < -0.3 is 35.8 Å². The van der Waals surface area contributed by atoms with Crippen LogP contribution in [0.1, 0.15) is 22.1 Å². The highest BCUT2D eigenvalue weighted by Gasteiger charge is 2.52. The molecule has 2 aromatic carbocycles. The maximum atomic E-state index is 15.2. The number of aliphatic carboxylic acids is 2. The largest absolute Gasteiger partial charge is 0.479 e. The number of nitrogen functional groups attached to an aromatic ring is 1. The molecule has 4 atom stereocenters. The Bertz CT molecular complexity index is 1660. The fraction of sp³-hybridized carbons (Fsp3) is 0.259. The first kappa shape index (κ1) is 29.8. The molecule has 4 aromatic rings. The molecular formula is C27H24ClFN6O8. The van der Waals surface area contributed by atoms with Crippen LogP contribution < -0.4 is 11.1 Å². The highest BCUT2D eigenvalue weighted by Crippen LogP contribution is 2.35. The van der Waals surface area contributed by atoms with Crippen LogP contribution in [-0.2, 0) is 25.5 Å². The molecule has 224 valence electrons. The normalized spacial score (nSPS) is 20.3. The minimum absolute atomic E-state index is 0.0211. The number of amides is 1. The van der Waals surface area contributed by atoms with Gasteiger partial charge in [-0.05, 0) is 41.4 Å². The third-order valence-corrected chi connectivity index (χ3v) is 7.04. The Morgan fingerprint density at radius 1 is 1.09 bits per heavy atom. The lowest BCUT2D eigenvalue weighted by molar-refractivity contribution is -0.190. The van der Waals surface area contributed by atoms with E-state index in [0.29, 0.717) is 11.3 Å². The van der Waals surface area contributed by atoms with Crippen molar-refractivity contribution in [3.63, 3.8) is 0 Å². The summed E-state index contributed by atoms with van der Waals surface area (Å²) in [6, 6.07) is 14.3. The number of fused-ring (bicyclic) bond motifs is 1. The number of carbonyl (C=O) groups is 3. The molecule has 5 rings (SSSR count). The Hall–Kier alpha value is -4.70. The summed E-state index contributed by atoms with van der Waals surface area (Å²) in [5, 5.41) is 32.8. The number of aliphatic hydroxyl groups excluding tert-OH is 1. The average Bonchev–Trinajstić information content (AvgIpc) is 3.52. The second-order valence-electron chi connectivity index (χ2n) is 9.64. The van der Waals surface area contributed by atoms with Gasteiger partial charge >= 0.3 is 11.9 Å². The van der Waals surface area contributed by atoms with E-state index in [-0.39, 0.29) is 33.7 Å². The van der Waals surface area contributed by atoms with Crippen LogP contribution in [0.5, 0.6) is 0 Å². The number of rotatable bonds is 10. The van der Waals surface area contributed by atoms with Crippen molar-refractivity contribution < 1.29 is 43.6 Å². The van der Waals surface area contributed by atoms with Crippen LogP contribution in [0, 0.1) is 0 Å². The van der Waals surface area contributed by atoms with E-state index in [1.807, 2.05) is 0 Å². The van der Waals surface area contributed by atoms with Gasteiger partial charge in [-0.1, -0.05) is 30.3 Å². The van der Waals surface area contributed by atoms with Crippen molar-refractivity contribution in [2.75, 3.05) is 17.7 Å². The predicted molar refractivity (Wildman–Crippen MR) is 148 cm³/mol. The third kappa shape index (κ3) is 5.83. The van der Waals surface area contributed by atoms with Crippen LogP contribution in [0.4, 0.5) is 15.9 Å². The first-order chi connectivity index (χ1) is 20.5. The molecule has 1 amide bonds. The summed E-state index contributed by atoms with van der Waals surface area (Å²) in [5.41, 5.74) is 4.15. The highest BCUT2D eigenvalue weighted by molar-refractivity contribution is 6.28. The number of carboxylic acids is 2. The van der Waals surface area contributed by atoms with Gasteiger partial charge in [-0.3, -0.25) is 9.36 Å². The lowest BCUT2D eigenvalue weighted by atomic mass is 9.94. The molecule has 1 saturated heterocycles. The molecule has 0 aliphatic carbocycles. The average molecular weight is 615 g/mol. The Morgan fingerprint density at radius 2 is 1.77 bits per heavy atom. The lowest BCUT2D eigenvalue weighted by Crippen LogP contribution is -2.52. The van der Waals surface area contributed by atoms with Crippen molar-refractivity contribution in [2.24, 2.45) is 0 Å². The van der Waals surface area contributed by atoms with Crippen molar-refractivity contribution >= 4 is 52.1 Å². The number of alkyl halides is 1. The van der Waals surface area contributed by atoms with Crippen LogP contribution in [0.15, 0.2) is 60.9 Å². The van der Waals surface area contributed by atoms with Crippen molar-refractivity contribution in [1.82, 2.24) is 19.5 Å². The van der Waals surface area contributed by atoms with E-state index < -0.39 is 55.2 Å². The first-order valence-corrected chi connectivity index (χ1v) is 13.1. The molecule has 1 aliphatic rings. The maximum Gasteiger partial charge on any atom is 0.348 e. The maximum absolute atomic E-state index is 15.2. The fourth-order valence-corrected chi connectivity index (χ4v) is 4.76. The monoisotopic (exact) mass is 614 g/mol. The van der Waals surface area contributed by atoms with Gasteiger partial charge in [0, 0.05) is 17.7 Å². The molecule has 0 saturated carbocycles. The van der Waals surface area contributed by atoms with Gasteiger partial charge in [0.25, 0.3) is 11.5 Å². The van der Waals surface area contributed by atoms with E-state index in [2.05, 4.69) is 20.3 Å². The Morgan fingerprint density at radius 3 is 2.42 bits per heavy atom. The molecule has 6 N–H and O–H groups in total. The van der Waals surface area contributed by atoms with Gasteiger partial charge in [-0.25, -0.2) is 19.0 Å². The van der Waals surface area contributed by atoms with E-state index in [4.69, 9.17) is 26.8 Å². The smallest absolute Gasteiger partial charge is 0.348 e. The molecule has 2 aromatic heterocycles. The number of hydrogen-bond donors (Lipinski definition) is 5. The number of aliphatic hydroxyl groups is 1. The number of nitrogens with two attached hydrogens (primary N) is 1. The van der Waals surface area contributed by atoms with Crippen molar-refractivity contribution in [1.29, 1.82) is 0 Å². The number of carboxylic acid groups (broad SMARTS) is 2. The number of hydrogen-bond acceptors (Lipinski definition) is 10.